The first-order valence-corrected chi connectivity index (χ1v) is 10.7. The van der Waals surface area contributed by atoms with Gasteiger partial charge in [0.1, 0.15) is 0 Å². The molecule has 4 rings (SSSR count). The molecular formula is C22H24N4O2S. The van der Waals surface area contributed by atoms with Crippen LogP contribution in [0.25, 0.3) is 10.2 Å². The van der Waals surface area contributed by atoms with Crippen LogP contribution in [-0.2, 0) is 16.1 Å². The Labute approximate surface area is 173 Å². The van der Waals surface area contributed by atoms with E-state index in [2.05, 4.69) is 21.6 Å². The van der Waals surface area contributed by atoms with Crippen LogP contribution < -0.4 is 15.5 Å². The number of piperidine rings is 1. The van der Waals surface area contributed by atoms with Gasteiger partial charge in [0.2, 0.25) is 11.8 Å². The first-order valence-electron chi connectivity index (χ1n) is 9.88. The standard InChI is InChI=1S/C22H24N4O2S/c27-20(23-13-16-7-2-1-3-8-16)14-24-21(28)17-9-6-12-26(15-17)22-25-18-10-4-5-11-19(18)29-22/h1-5,7-8,10-11,17H,6,9,12-15H2,(H,23,27)(H,24,28)/t17-/m0/s1. The highest BCUT2D eigenvalue weighted by atomic mass is 32.1. The third-order valence-corrected chi connectivity index (χ3v) is 6.20. The maximum absolute atomic E-state index is 12.6. The number of nitrogens with zero attached hydrogens (tertiary/aromatic N) is 2. The van der Waals surface area contributed by atoms with Gasteiger partial charge in [-0.15, -0.1) is 0 Å². The fourth-order valence-electron chi connectivity index (χ4n) is 3.53. The van der Waals surface area contributed by atoms with Crippen LogP contribution >= 0.6 is 11.3 Å². The average Bonchev–Trinajstić information content (AvgIpc) is 3.21. The highest BCUT2D eigenvalue weighted by molar-refractivity contribution is 7.22. The first-order chi connectivity index (χ1) is 14.2. The summed E-state index contributed by atoms with van der Waals surface area (Å²) < 4.78 is 1.16. The number of benzene rings is 2. The molecule has 6 nitrogen and oxygen atoms in total. The lowest BCUT2D eigenvalue weighted by molar-refractivity contribution is -0.128. The predicted molar refractivity (Wildman–Crippen MR) is 116 cm³/mol. The molecule has 2 aromatic carbocycles. The molecule has 1 aliphatic rings. The van der Waals surface area contributed by atoms with Crippen molar-refractivity contribution in [3.63, 3.8) is 0 Å². The minimum atomic E-state index is -0.180. The minimum Gasteiger partial charge on any atom is -0.350 e. The molecule has 3 aromatic rings. The van der Waals surface area contributed by atoms with Crippen LogP contribution in [0.15, 0.2) is 54.6 Å². The molecule has 29 heavy (non-hydrogen) atoms. The van der Waals surface area contributed by atoms with Crippen molar-refractivity contribution in [2.75, 3.05) is 24.5 Å². The quantitative estimate of drug-likeness (QED) is 0.658. The van der Waals surface area contributed by atoms with Gasteiger partial charge in [0.25, 0.3) is 0 Å². The third kappa shape index (κ3) is 4.92. The lowest BCUT2D eigenvalue weighted by Crippen LogP contribution is -2.45. The Bertz CT molecular complexity index is 956. The molecule has 2 N–H and O–H groups in total. The molecule has 0 aliphatic carbocycles. The van der Waals surface area contributed by atoms with Gasteiger partial charge in [-0.2, -0.15) is 0 Å². The summed E-state index contributed by atoms with van der Waals surface area (Å²) in [4.78, 5) is 31.5. The molecule has 7 heteroatoms. The molecule has 2 heterocycles. The molecule has 1 aromatic heterocycles. The summed E-state index contributed by atoms with van der Waals surface area (Å²) in [5.41, 5.74) is 2.03. The number of rotatable bonds is 6. The van der Waals surface area contributed by atoms with Crippen molar-refractivity contribution in [3.8, 4) is 0 Å². The number of nitrogens with one attached hydrogen (secondary N) is 2. The summed E-state index contributed by atoms with van der Waals surface area (Å²) in [6, 6.07) is 17.8. The van der Waals surface area contributed by atoms with E-state index in [1.165, 1.54) is 0 Å². The zero-order valence-corrected chi connectivity index (χ0v) is 17.0. The van der Waals surface area contributed by atoms with Gasteiger partial charge in [-0.25, -0.2) is 4.98 Å². The Morgan fingerprint density at radius 1 is 1.07 bits per heavy atom. The van der Waals surface area contributed by atoms with Gasteiger partial charge < -0.3 is 15.5 Å². The normalized spacial score (nSPS) is 16.6. The van der Waals surface area contributed by atoms with E-state index >= 15 is 0 Å². The molecule has 0 bridgehead atoms. The molecular weight excluding hydrogens is 384 g/mol. The van der Waals surface area contributed by atoms with Crippen molar-refractivity contribution in [2.24, 2.45) is 5.92 Å². The lowest BCUT2D eigenvalue weighted by atomic mass is 9.97. The molecule has 1 saturated heterocycles. The Balaban J connectivity index is 1.27. The fourth-order valence-corrected chi connectivity index (χ4v) is 4.53. The molecule has 1 fully saturated rings. The highest BCUT2D eigenvalue weighted by Gasteiger charge is 2.27. The molecule has 1 atom stereocenters. The number of anilines is 1. The number of aromatic nitrogens is 1. The van der Waals surface area contributed by atoms with E-state index in [1.54, 1.807) is 11.3 Å². The van der Waals surface area contributed by atoms with Crippen molar-refractivity contribution >= 4 is 38.5 Å². The van der Waals surface area contributed by atoms with Crippen molar-refractivity contribution in [3.05, 3.63) is 60.2 Å². The summed E-state index contributed by atoms with van der Waals surface area (Å²) in [5.74, 6) is -0.371. The van der Waals surface area contributed by atoms with Crippen LogP contribution in [0.4, 0.5) is 5.13 Å². The molecule has 0 unspecified atom stereocenters. The van der Waals surface area contributed by atoms with E-state index in [1.807, 2.05) is 48.5 Å². The van der Waals surface area contributed by atoms with Crippen LogP contribution in [-0.4, -0.2) is 36.4 Å². The van der Waals surface area contributed by atoms with E-state index < -0.39 is 0 Å². The average molecular weight is 409 g/mol. The van der Waals surface area contributed by atoms with Gasteiger partial charge in [0.05, 0.1) is 22.7 Å². The monoisotopic (exact) mass is 408 g/mol. The Morgan fingerprint density at radius 3 is 2.69 bits per heavy atom. The van der Waals surface area contributed by atoms with Crippen molar-refractivity contribution in [1.82, 2.24) is 15.6 Å². The summed E-state index contributed by atoms with van der Waals surface area (Å²) in [6.07, 6.45) is 1.77. The van der Waals surface area contributed by atoms with Crippen molar-refractivity contribution in [2.45, 2.75) is 19.4 Å². The van der Waals surface area contributed by atoms with Crippen LogP contribution in [0, 0.1) is 5.92 Å². The minimum absolute atomic E-state index is 0.00328. The summed E-state index contributed by atoms with van der Waals surface area (Å²) in [6.45, 7) is 2.01. The second-order valence-electron chi connectivity index (χ2n) is 7.23. The van der Waals surface area contributed by atoms with Crippen molar-refractivity contribution in [1.29, 1.82) is 0 Å². The van der Waals surface area contributed by atoms with E-state index in [4.69, 9.17) is 4.98 Å². The van der Waals surface area contributed by atoms with Crippen LogP contribution in [0.2, 0.25) is 0 Å². The van der Waals surface area contributed by atoms with E-state index in [-0.39, 0.29) is 24.3 Å². The third-order valence-electron chi connectivity index (χ3n) is 5.10. The van der Waals surface area contributed by atoms with Gasteiger partial charge in [0.15, 0.2) is 5.13 Å². The van der Waals surface area contributed by atoms with E-state index in [0.717, 1.165) is 40.3 Å². The number of fused-ring (bicyclic) bond motifs is 1. The summed E-state index contributed by atoms with van der Waals surface area (Å²) in [5, 5.41) is 6.59. The Morgan fingerprint density at radius 2 is 1.86 bits per heavy atom. The molecule has 2 amide bonds. The van der Waals surface area contributed by atoms with Crippen LogP contribution in [0.1, 0.15) is 18.4 Å². The van der Waals surface area contributed by atoms with Gasteiger partial charge in [-0.1, -0.05) is 53.8 Å². The molecule has 0 spiro atoms. The molecule has 0 saturated carbocycles. The zero-order valence-electron chi connectivity index (χ0n) is 16.1. The van der Waals surface area contributed by atoms with Crippen molar-refractivity contribution < 1.29 is 9.59 Å². The molecule has 0 radical (unpaired) electrons. The van der Waals surface area contributed by atoms with E-state index in [0.29, 0.717) is 13.1 Å². The van der Waals surface area contributed by atoms with Crippen LogP contribution in [0.5, 0.6) is 0 Å². The maximum atomic E-state index is 12.6. The number of thiazole rings is 1. The smallest absolute Gasteiger partial charge is 0.239 e. The fraction of sp³-hybridized carbons (Fsp3) is 0.318. The second-order valence-corrected chi connectivity index (χ2v) is 8.24. The molecule has 150 valence electrons. The second kappa shape index (κ2) is 9.05. The van der Waals surface area contributed by atoms with Gasteiger partial charge >= 0.3 is 0 Å². The maximum Gasteiger partial charge on any atom is 0.239 e. The largest absolute Gasteiger partial charge is 0.350 e. The topological polar surface area (TPSA) is 74.3 Å². The number of para-hydroxylation sites is 1. The van der Waals surface area contributed by atoms with Crippen LogP contribution in [0.3, 0.4) is 0 Å². The SMILES string of the molecule is O=C(CNC(=O)[C@H]1CCCN(c2nc3ccccc3s2)C1)NCc1ccccc1. The van der Waals surface area contributed by atoms with Gasteiger partial charge in [-0.3, -0.25) is 9.59 Å². The number of carbonyl (C=O) groups excluding carboxylic acids is 2. The number of carbonyl (C=O) groups is 2. The first kappa shape index (κ1) is 19.4. The molecule has 1 aliphatic heterocycles. The Hall–Kier alpha value is -2.93. The number of amides is 2. The highest BCUT2D eigenvalue weighted by Crippen LogP contribution is 2.31. The zero-order chi connectivity index (χ0) is 20.1. The van der Waals surface area contributed by atoms with Gasteiger partial charge in [-0.05, 0) is 30.5 Å². The number of hydrogen-bond donors (Lipinski definition) is 2. The van der Waals surface area contributed by atoms with E-state index in [9.17, 15) is 9.59 Å². The predicted octanol–water partition coefficient (Wildman–Crippen LogP) is 2.95. The Kier molecular flexibility index (Phi) is 6.05. The van der Waals surface area contributed by atoms with Gasteiger partial charge in [0, 0.05) is 19.6 Å². The lowest BCUT2D eigenvalue weighted by Gasteiger charge is -2.31. The summed E-state index contributed by atoms with van der Waals surface area (Å²) >= 11 is 1.66. The summed E-state index contributed by atoms with van der Waals surface area (Å²) in [7, 11) is 0. The number of hydrogen-bond acceptors (Lipinski definition) is 5.